The van der Waals surface area contributed by atoms with Crippen LogP contribution >= 0.6 is 0 Å². The summed E-state index contributed by atoms with van der Waals surface area (Å²) >= 11 is 0. The van der Waals surface area contributed by atoms with E-state index in [2.05, 4.69) is 10.6 Å². The Balaban J connectivity index is 1.58. The Hall–Kier alpha value is -3.23. The molecule has 0 aromatic heterocycles. The molecule has 2 aliphatic heterocycles. The molecule has 3 amide bonds. The maximum absolute atomic E-state index is 13.9. The Morgan fingerprint density at radius 2 is 1.59 bits per heavy atom. The lowest BCUT2D eigenvalue weighted by Crippen LogP contribution is -2.58. The van der Waals surface area contributed by atoms with Gasteiger partial charge in [-0.3, -0.25) is 14.4 Å². The van der Waals surface area contributed by atoms with Crippen LogP contribution in [0.5, 0.6) is 0 Å². The Kier molecular flexibility index (Phi) is 8.95. The first kappa shape index (κ1) is 26.8. The van der Waals surface area contributed by atoms with Crippen molar-refractivity contribution in [3.63, 3.8) is 0 Å². The largest absolute Gasteiger partial charge is 0.384 e. The fraction of sp³-hybridized carbons (Fsp3) is 0.483. The lowest BCUT2D eigenvalue weighted by molar-refractivity contribution is -0.144. The molecule has 0 radical (unpaired) electrons. The minimum atomic E-state index is -0.775. The minimum absolute atomic E-state index is 0.0451. The molecule has 2 aliphatic rings. The molecule has 198 valence electrons. The highest BCUT2D eigenvalue weighted by molar-refractivity contribution is 5.94. The molecular weight excluding hydrogens is 468 g/mol. The molecule has 0 bridgehead atoms. The first-order chi connectivity index (χ1) is 17.9. The zero-order chi connectivity index (χ0) is 26.4. The highest BCUT2D eigenvalue weighted by Gasteiger charge is 2.47. The molecule has 2 fully saturated rings. The molecular formula is C29H38N4O4. The summed E-state index contributed by atoms with van der Waals surface area (Å²) in [6.45, 7) is 2.18. The lowest BCUT2D eigenvalue weighted by atomic mass is 9.93. The molecule has 2 aromatic carbocycles. The lowest BCUT2D eigenvalue weighted by Gasteiger charge is -2.33. The van der Waals surface area contributed by atoms with Crippen molar-refractivity contribution in [1.29, 1.82) is 0 Å². The monoisotopic (exact) mass is 506 g/mol. The molecule has 1 unspecified atom stereocenters. The highest BCUT2D eigenvalue weighted by atomic mass is 16.5. The van der Waals surface area contributed by atoms with E-state index in [1.54, 1.807) is 12.0 Å². The third-order valence-corrected chi connectivity index (χ3v) is 7.68. The predicted molar refractivity (Wildman–Crippen MR) is 141 cm³/mol. The average molecular weight is 507 g/mol. The second-order valence-electron chi connectivity index (χ2n) is 10.0. The van der Waals surface area contributed by atoms with Gasteiger partial charge in [-0.05, 0) is 43.2 Å². The van der Waals surface area contributed by atoms with Gasteiger partial charge in [-0.25, -0.2) is 0 Å². The summed E-state index contributed by atoms with van der Waals surface area (Å²) in [6, 6.07) is 17.2. The van der Waals surface area contributed by atoms with Crippen molar-refractivity contribution in [1.82, 2.24) is 15.5 Å². The summed E-state index contributed by atoms with van der Waals surface area (Å²) in [7, 11) is 1.59. The minimum Gasteiger partial charge on any atom is -0.384 e. The average Bonchev–Trinajstić information content (AvgIpc) is 3.32. The van der Waals surface area contributed by atoms with Gasteiger partial charge in [0.25, 0.3) is 0 Å². The number of amides is 3. The Labute approximate surface area is 218 Å². The fourth-order valence-corrected chi connectivity index (χ4v) is 5.60. The van der Waals surface area contributed by atoms with Crippen LogP contribution in [0.25, 0.3) is 0 Å². The van der Waals surface area contributed by atoms with Crippen molar-refractivity contribution in [2.24, 2.45) is 11.7 Å². The van der Waals surface area contributed by atoms with Gasteiger partial charge in [-0.2, -0.15) is 0 Å². The van der Waals surface area contributed by atoms with Crippen molar-refractivity contribution >= 4 is 17.7 Å². The van der Waals surface area contributed by atoms with Crippen molar-refractivity contribution < 1.29 is 19.1 Å². The number of fused-ring (bicyclic) bond motifs is 1. The number of nitrogens with one attached hydrogen (secondary N) is 2. The van der Waals surface area contributed by atoms with Gasteiger partial charge in [0.1, 0.15) is 12.1 Å². The van der Waals surface area contributed by atoms with Crippen molar-refractivity contribution in [2.75, 3.05) is 13.7 Å². The quantitative estimate of drug-likeness (QED) is 0.484. The number of carbonyl (C=O) groups excluding carboxylic acids is 3. The Morgan fingerprint density at radius 1 is 1.00 bits per heavy atom. The summed E-state index contributed by atoms with van der Waals surface area (Å²) in [6.07, 6.45) is 3.29. The number of rotatable bonds is 9. The van der Waals surface area contributed by atoms with Crippen LogP contribution in [0.4, 0.5) is 0 Å². The number of nitrogens with two attached hydrogens (primary N) is 1. The smallest absolute Gasteiger partial charge is 0.246 e. The molecule has 2 heterocycles. The van der Waals surface area contributed by atoms with Crippen LogP contribution in [0.3, 0.4) is 0 Å². The van der Waals surface area contributed by atoms with Gasteiger partial charge >= 0.3 is 0 Å². The van der Waals surface area contributed by atoms with E-state index in [0.29, 0.717) is 19.4 Å². The molecule has 4 rings (SSSR count). The van der Waals surface area contributed by atoms with Gasteiger partial charge in [0, 0.05) is 19.1 Å². The van der Waals surface area contributed by atoms with Crippen LogP contribution in [0.2, 0.25) is 0 Å². The number of ether oxygens (including phenoxy) is 1. The van der Waals surface area contributed by atoms with E-state index in [4.69, 9.17) is 10.5 Å². The third kappa shape index (κ3) is 6.02. The van der Waals surface area contributed by atoms with Crippen LogP contribution in [0, 0.1) is 5.92 Å². The van der Waals surface area contributed by atoms with E-state index in [1.165, 1.54) is 0 Å². The molecule has 0 spiro atoms. The second kappa shape index (κ2) is 12.3. The van der Waals surface area contributed by atoms with Crippen molar-refractivity contribution in [3.05, 3.63) is 71.8 Å². The molecule has 5 atom stereocenters. The van der Waals surface area contributed by atoms with Crippen LogP contribution in [-0.2, 0) is 19.1 Å². The number of nitrogens with zero attached hydrogens (tertiary/aromatic N) is 1. The second-order valence-corrected chi connectivity index (χ2v) is 10.0. The fourth-order valence-electron chi connectivity index (χ4n) is 5.60. The zero-order valence-corrected chi connectivity index (χ0v) is 21.6. The third-order valence-electron chi connectivity index (χ3n) is 7.68. The van der Waals surface area contributed by atoms with Crippen LogP contribution in [-0.4, -0.2) is 60.5 Å². The topological polar surface area (TPSA) is 114 Å². The maximum atomic E-state index is 13.9. The number of hydrogen-bond acceptors (Lipinski definition) is 5. The zero-order valence-electron chi connectivity index (χ0n) is 21.6. The van der Waals surface area contributed by atoms with E-state index in [-0.39, 0.29) is 35.7 Å². The van der Waals surface area contributed by atoms with E-state index in [9.17, 15) is 14.4 Å². The molecule has 2 saturated heterocycles. The normalized spacial score (nSPS) is 24.3. The number of hydrogen-bond donors (Lipinski definition) is 3. The summed E-state index contributed by atoms with van der Waals surface area (Å²) in [5, 5.41) is 6.11. The van der Waals surface area contributed by atoms with Gasteiger partial charge in [0.15, 0.2) is 0 Å². The standard InChI is InChI=1S/C29H38N4O4/c1-3-23(30)27(34)32-26-21(18-37-2)14-15-22-16-17-24(33(22)29(26)36)28(35)31-25(19-10-6-4-7-11-19)20-12-8-5-9-13-20/h4-13,21-26H,3,14-18,30H2,1-2H3,(H,31,35)(H,32,34)/t21-,22+,23?,24+,26+/m1/s1. The van der Waals surface area contributed by atoms with Gasteiger partial charge in [0.2, 0.25) is 17.7 Å². The first-order valence-electron chi connectivity index (χ1n) is 13.2. The van der Waals surface area contributed by atoms with Crippen molar-refractivity contribution in [2.45, 2.75) is 69.2 Å². The Morgan fingerprint density at radius 3 is 2.16 bits per heavy atom. The van der Waals surface area contributed by atoms with E-state index in [0.717, 1.165) is 30.4 Å². The molecule has 8 heteroatoms. The number of carbonyl (C=O) groups is 3. The van der Waals surface area contributed by atoms with E-state index >= 15 is 0 Å². The van der Waals surface area contributed by atoms with E-state index < -0.39 is 18.1 Å². The molecule has 37 heavy (non-hydrogen) atoms. The molecule has 0 saturated carbocycles. The molecule has 0 aliphatic carbocycles. The van der Waals surface area contributed by atoms with Gasteiger partial charge in [-0.15, -0.1) is 0 Å². The van der Waals surface area contributed by atoms with Gasteiger partial charge in [0.05, 0.1) is 18.7 Å². The SMILES string of the molecule is CCC(N)C(=O)N[C@@H]1C(=O)N2[C@@H](CC[C@@H]1COC)CC[C@H]2C(=O)NC(c1ccccc1)c1ccccc1. The number of benzene rings is 2. The first-order valence-corrected chi connectivity index (χ1v) is 13.2. The summed E-state index contributed by atoms with van der Waals surface area (Å²) in [5.41, 5.74) is 7.89. The molecule has 4 N–H and O–H groups in total. The van der Waals surface area contributed by atoms with Crippen LogP contribution in [0.1, 0.15) is 56.2 Å². The summed E-state index contributed by atoms with van der Waals surface area (Å²) < 4.78 is 5.40. The van der Waals surface area contributed by atoms with Crippen LogP contribution in [0.15, 0.2) is 60.7 Å². The molecule has 2 aromatic rings. The van der Waals surface area contributed by atoms with Crippen LogP contribution < -0.4 is 16.4 Å². The van der Waals surface area contributed by atoms with Gasteiger partial charge < -0.3 is 26.0 Å². The predicted octanol–water partition coefficient (Wildman–Crippen LogP) is 2.53. The van der Waals surface area contributed by atoms with Crippen molar-refractivity contribution in [3.8, 4) is 0 Å². The van der Waals surface area contributed by atoms with Gasteiger partial charge in [-0.1, -0.05) is 67.6 Å². The maximum Gasteiger partial charge on any atom is 0.246 e. The highest BCUT2D eigenvalue weighted by Crippen LogP contribution is 2.35. The molecule has 8 nitrogen and oxygen atoms in total. The summed E-state index contributed by atoms with van der Waals surface area (Å²) in [5.74, 6) is -0.945. The Bertz CT molecular complexity index is 1020. The number of methoxy groups -OCH3 is 1. The summed E-state index contributed by atoms with van der Waals surface area (Å²) in [4.78, 5) is 42.1. The van der Waals surface area contributed by atoms with E-state index in [1.807, 2.05) is 67.6 Å².